The summed E-state index contributed by atoms with van der Waals surface area (Å²) in [5.41, 5.74) is 17.3. The monoisotopic (exact) mass is 834 g/mol. The van der Waals surface area contributed by atoms with Crippen molar-refractivity contribution in [1.29, 1.82) is 0 Å². The predicted octanol–water partition coefficient (Wildman–Crippen LogP) is -6.68. The molecular weight excluding hydrogens is 780 g/mol. The molecule has 2 rings (SSSR count). The van der Waals surface area contributed by atoms with Crippen LogP contribution in [0.15, 0.2) is 47.8 Å². The standard InChI is InChI=1S/C35H54N12O12/c1-17(50)26(32(56)42-22(9-6-10-40-35(37)38)29(53)45-25(15-49)34(58)59)47-33(57)27(18(2)51)46-31(55)23(11-19-7-4-3-5-8-19)44-30(54)24(12-20-13-39-16-41-20)43-28(52)21(36)14-48/h3-5,7-8,13,16-18,21-27,48-51H,6,9-12,14-15,36H2,1-2H3,(H,39,41)(H,42,56)(H,43,52)(H,44,54)(H,45,53)(H,46,55)(H,47,57)(H,58,59)(H4,37,38,40)/t17-,18-,21+,22+,23+,24+,25+,26+,27+/m1/s1. The van der Waals surface area contributed by atoms with Gasteiger partial charge in [0.15, 0.2) is 5.96 Å². The lowest BCUT2D eigenvalue weighted by molar-refractivity contribution is -0.143. The molecule has 1 aromatic carbocycles. The van der Waals surface area contributed by atoms with Gasteiger partial charge in [0.1, 0.15) is 42.3 Å². The Balaban J connectivity index is 2.35. The molecule has 0 radical (unpaired) electrons. The number of hydrogen-bond donors (Lipinski definition) is 15. The van der Waals surface area contributed by atoms with Crippen LogP contribution in [-0.4, -0.2) is 157 Å². The zero-order chi connectivity index (χ0) is 44.2. The summed E-state index contributed by atoms with van der Waals surface area (Å²) in [5, 5.41) is 63.2. The number of aliphatic hydroxyl groups excluding tert-OH is 4. The minimum atomic E-state index is -1.82. The number of rotatable bonds is 25. The van der Waals surface area contributed by atoms with Crippen LogP contribution >= 0.6 is 0 Å². The van der Waals surface area contributed by atoms with Gasteiger partial charge in [0, 0.05) is 31.3 Å². The number of H-pyrrole nitrogens is 1. The van der Waals surface area contributed by atoms with Gasteiger partial charge >= 0.3 is 5.97 Å². The first-order valence-corrected chi connectivity index (χ1v) is 18.3. The molecule has 0 spiro atoms. The van der Waals surface area contributed by atoms with E-state index >= 15 is 0 Å². The van der Waals surface area contributed by atoms with Crippen LogP contribution in [-0.2, 0) is 46.4 Å². The predicted molar refractivity (Wildman–Crippen MR) is 207 cm³/mol. The number of carbonyl (C=O) groups excluding carboxylic acids is 6. The van der Waals surface area contributed by atoms with Crippen molar-refractivity contribution in [1.82, 2.24) is 41.9 Å². The summed E-state index contributed by atoms with van der Waals surface area (Å²) in [7, 11) is 0. The minimum Gasteiger partial charge on any atom is -0.480 e. The fourth-order valence-corrected chi connectivity index (χ4v) is 5.32. The van der Waals surface area contributed by atoms with E-state index in [0.717, 1.165) is 13.8 Å². The van der Waals surface area contributed by atoms with Gasteiger partial charge in [-0.1, -0.05) is 30.3 Å². The third-order valence-electron chi connectivity index (χ3n) is 8.56. The number of carboxylic acid groups (broad SMARTS) is 1. The third kappa shape index (κ3) is 16.7. The number of benzene rings is 1. The average Bonchev–Trinajstić information content (AvgIpc) is 3.71. The van der Waals surface area contributed by atoms with Crippen molar-refractivity contribution < 1.29 is 59.1 Å². The fourth-order valence-electron chi connectivity index (χ4n) is 5.32. The van der Waals surface area contributed by atoms with E-state index in [0.29, 0.717) is 11.3 Å². The van der Waals surface area contributed by atoms with Crippen LogP contribution in [0.5, 0.6) is 0 Å². The van der Waals surface area contributed by atoms with Crippen LogP contribution < -0.4 is 49.1 Å². The SMILES string of the molecule is C[C@@H](O)[C@H](NC(=O)[C@H](Cc1ccccc1)NC(=O)[C@H](Cc1cnc[nH]1)NC(=O)[C@@H](N)CO)C(=O)N[C@H](C(=O)N[C@@H](CCCN=C(N)N)C(=O)N[C@@H](CO)C(=O)O)[C@@H](C)O. The number of guanidine groups is 1. The van der Waals surface area contributed by atoms with Gasteiger partial charge < -0.3 is 79.6 Å². The second kappa shape index (κ2) is 24.5. The van der Waals surface area contributed by atoms with Gasteiger partial charge in [0.25, 0.3) is 0 Å². The van der Waals surface area contributed by atoms with E-state index in [9.17, 15) is 59.1 Å². The van der Waals surface area contributed by atoms with Crippen LogP contribution in [0.3, 0.4) is 0 Å². The van der Waals surface area contributed by atoms with Crippen LogP contribution in [0.4, 0.5) is 0 Å². The first-order valence-electron chi connectivity index (χ1n) is 18.3. The quantitative estimate of drug-likeness (QED) is 0.0251. The Bertz CT molecular complexity index is 1720. The number of aliphatic hydroxyl groups is 4. The highest BCUT2D eigenvalue weighted by atomic mass is 16.4. The summed E-state index contributed by atoms with van der Waals surface area (Å²) in [4.78, 5) is 102. The molecule has 24 heteroatoms. The maximum Gasteiger partial charge on any atom is 0.328 e. The maximum absolute atomic E-state index is 13.9. The lowest BCUT2D eigenvalue weighted by Crippen LogP contribution is -2.63. The molecule has 2 aromatic rings. The topological polar surface area (TPSA) is 412 Å². The van der Waals surface area contributed by atoms with E-state index in [2.05, 4.69) is 46.9 Å². The Hall–Kier alpha value is -6.21. The molecule has 0 saturated heterocycles. The molecule has 0 unspecified atom stereocenters. The fraction of sp³-hybridized carbons (Fsp3) is 0.514. The molecule has 18 N–H and O–H groups in total. The Labute approximate surface area is 338 Å². The highest BCUT2D eigenvalue weighted by molar-refractivity contribution is 5.97. The number of aromatic amines is 1. The highest BCUT2D eigenvalue weighted by Crippen LogP contribution is 2.09. The summed E-state index contributed by atoms with van der Waals surface area (Å²) in [6.07, 6.45) is -0.935. The van der Waals surface area contributed by atoms with Crippen molar-refractivity contribution in [3.63, 3.8) is 0 Å². The van der Waals surface area contributed by atoms with E-state index in [1.54, 1.807) is 30.3 Å². The Morgan fingerprint density at radius 1 is 0.712 bits per heavy atom. The van der Waals surface area contributed by atoms with Gasteiger partial charge in [-0.25, -0.2) is 9.78 Å². The summed E-state index contributed by atoms with van der Waals surface area (Å²) in [5.74, 6) is -7.91. The molecule has 6 amide bonds. The second-order valence-electron chi connectivity index (χ2n) is 13.4. The zero-order valence-electron chi connectivity index (χ0n) is 32.4. The van der Waals surface area contributed by atoms with Crippen molar-refractivity contribution in [3.05, 3.63) is 54.1 Å². The van der Waals surface area contributed by atoms with Crippen LogP contribution in [0.2, 0.25) is 0 Å². The molecule has 0 aliphatic carbocycles. The Morgan fingerprint density at radius 3 is 1.75 bits per heavy atom. The van der Waals surface area contributed by atoms with Crippen molar-refractivity contribution in [3.8, 4) is 0 Å². The first kappa shape index (κ1) is 48.9. The summed E-state index contributed by atoms with van der Waals surface area (Å²) in [6.45, 7) is 0.561. The van der Waals surface area contributed by atoms with Gasteiger partial charge in [-0.15, -0.1) is 0 Å². The Kier molecular flexibility index (Phi) is 20.4. The lowest BCUT2D eigenvalue weighted by atomic mass is 10.0. The number of aliphatic imine (C=N–C) groups is 1. The molecule has 24 nitrogen and oxygen atoms in total. The molecule has 0 bridgehead atoms. The van der Waals surface area contributed by atoms with Crippen LogP contribution in [0.1, 0.15) is 37.9 Å². The minimum absolute atomic E-state index is 0.000176. The summed E-state index contributed by atoms with van der Waals surface area (Å²) >= 11 is 0. The number of aliphatic carboxylic acids is 1. The number of carbonyl (C=O) groups is 7. The van der Waals surface area contributed by atoms with Gasteiger partial charge in [-0.2, -0.15) is 0 Å². The molecule has 326 valence electrons. The number of hydrogen-bond acceptors (Lipinski definition) is 14. The molecular formula is C35H54N12O12. The second-order valence-corrected chi connectivity index (χ2v) is 13.4. The van der Waals surface area contributed by atoms with E-state index in [1.165, 1.54) is 12.5 Å². The molecule has 0 fully saturated rings. The van der Waals surface area contributed by atoms with Gasteiger partial charge in [-0.3, -0.25) is 33.8 Å². The van der Waals surface area contributed by atoms with Crippen molar-refractivity contribution in [2.45, 2.75) is 94.0 Å². The molecule has 59 heavy (non-hydrogen) atoms. The van der Waals surface area contributed by atoms with Crippen molar-refractivity contribution >= 4 is 47.4 Å². The number of imidazole rings is 1. The highest BCUT2D eigenvalue weighted by Gasteiger charge is 2.36. The molecule has 0 aliphatic rings. The molecule has 1 heterocycles. The summed E-state index contributed by atoms with van der Waals surface area (Å²) in [6, 6.07) is -2.65. The number of nitrogens with two attached hydrogens (primary N) is 3. The van der Waals surface area contributed by atoms with Gasteiger partial charge in [0.2, 0.25) is 35.4 Å². The number of aromatic nitrogens is 2. The summed E-state index contributed by atoms with van der Waals surface area (Å²) < 4.78 is 0. The van der Waals surface area contributed by atoms with E-state index in [1.807, 2.05) is 0 Å². The van der Waals surface area contributed by atoms with E-state index in [-0.39, 0.29) is 38.2 Å². The number of nitrogens with zero attached hydrogens (tertiary/aromatic N) is 2. The zero-order valence-corrected chi connectivity index (χ0v) is 32.4. The van der Waals surface area contributed by atoms with E-state index in [4.69, 9.17) is 17.2 Å². The van der Waals surface area contributed by atoms with Gasteiger partial charge in [-0.05, 0) is 32.3 Å². The first-order chi connectivity index (χ1) is 27.9. The average molecular weight is 835 g/mol. The third-order valence-corrected chi connectivity index (χ3v) is 8.56. The van der Waals surface area contributed by atoms with Crippen molar-refractivity contribution in [2.24, 2.45) is 22.2 Å². The van der Waals surface area contributed by atoms with Crippen LogP contribution in [0.25, 0.3) is 0 Å². The normalized spacial score (nSPS) is 15.6. The number of carboxylic acids is 1. The van der Waals surface area contributed by atoms with E-state index < -0.39 is 109 Å². The number of amides is 6. The molecule has 1 aromatic heterocycles. The molecule has 0 saturated carbocycles. The lowest BCUT2D eigenvalue weighted by Gasteiger charge is -2.29. The van der Waals surface area contributed by atoms with Crippen molar-refractivity contribution in [2.75, 3.05) is 19.8 Å². The molecule has 0 aliphatic heterocycles. The smallest absolute Gasteiger partial charge is 0.328 e. The van der Waals surface area contributed by atoms with Gasteiger partial charge in [0.05, 0.1) is 31.7 Å². The largest absolute Gasteiger partial charge is 0.480 e. The Morgan fingerprint density at radius 2 is 1.22 bits per heavy atom. The number of nitrogens with one attached hydrogen (secondary N) is 7. The molecule has 9 atom stereocenters. The van der Waals surface area contributed by atoms with Crippen LogP contribution in [0, 0.1) is 0 Å². The maximum atomic E-state index is 13.9.